The fraction of sp³-hybridized carbons (Fsp3) is 0.875. The molecule has 0 spiro atoms. The van der Waals surface area contributed by atoms with Crippen molar-refractivity contribution in [2.24, 2.45) is 5.92 Å². The second-order valence-electron chi connectivity index (χ2n) is 10.3. The Kier molecular flexibility index (Phi) is 9.20. The number of piperidine rings is 1. The van der Waals surface area contributed by atoms with Crippen molar-refractivity contribution in [3.05, 3.63) is 0 Å². The van der Waals surface area contributed by atoms with Gasteiger partial charge in [0, 0.05) is 23.7 Å². The van der Waals surface area contributed by atoms with E-state index in [0.717, 1.165) is 44.7 Å². The molecule has 3 aliphatic rings. The zero-order chi connectivity index (χ0) is 24.1. The lowest BCUT2D eigenvalue weighted by atomic mass is 9.94. The average Bonchev–Trinajstić information content (AvgIpc) is 3.36. The Hall–Kier alpha value is -1.19. The van der Waals surface area contributed by atoms with Crippen molar-refractivity contribution in [3.63, 3.8) is 0 Å². The molecule has 0 aromatic heterocycles. The molecular weight excluding hydrogens is 445 g/mol. The Morgan fingerprint density at radius 2 is 1.91 bits per heavy atom. The number of thioether (sulfide) groups is 1. The smallest absolute Gasteiger partial charge is 0.258 e. The maximum atomic E-state index is 14.4. The van der Waals surface area contributed by atoms with Crippen LogP contribution in [0.3, 0.4) is 0 Å². The SMILES string of the molecule is CN1CCC(CCOCCSC(C)(C)C(NC(=O)C2(F)CC2)C(=O)N2CCC[C@H]2C=O)CC1. The number of hydrogen-bond acceptors (Lipinski definition) is 6. The van der Waals surface area contributed by atoms with Crippen LogP contribution in [0.4, 0.5) is 4.39 Å². The number of alkyl halides is 1. The summed E-state index contributed by atoms with van der Waals surface area (Å²) in [7, 11) is 2.16. The van der Waals surface area contributed by atoms with Gasteiger partial charge in [0.05, 0.1) is 12.6 Å². The van der Waals surface area contributed by atoms with Crippen LogP contribution in [0.5, 0.6) is 0 Å². The van der Waals surface area contributed by atoms with E-state index in [4.69, 9.17) is 4.74 Å². The normalized spacial score (nSPS) is 24.5. The summed E-state index contributed by atoms with van der Waals surface area (Å²) in [6.07, 6.45) is 6.07. The van der Waals surface area contributed by atoms with E-state index < -0.39 is 28.4 Å². The van der Waals surface area contributed by atoms with Crippen molar-refractivity contribution in [1.82, 2.24) is 15.1 Å². The number of carbonyl (C=O) groups excluding carboxylic acids is 3. The van der Waals surface area contributed by atoms with Crippen LogP contribution in [-0.4, -0.2) is 96.0 Å². The molecule has 2 saturated heterocycles. The molecule has 7 nitrogen and oxygen atoms in total. The quantitative estimate of drug-likeness (QED) is 0.338. The van der Waals surface area contributed by atoms with Crippen molar-refractivity contribution >= 4 is 29.9 Å². The number of nitrogens with zero attached hydrogens (tertiary/aromatic N) is 2. The van der Waals surface area contributed by atoms with Gasteiger partial charge < -0.3 is 24.6 Å². The number of aldehydes is 1. The van der Waals surface area contributed by atoms with Gasteiger partial charge in [0.15, 0.2) is 5.67 Å². The minimum Gasteiger partial charge on any atom is -0.381 e. The fourth-order valence-electron chi connectivity index (χ4n) is 4.65. The van der Waals surface area contributed by atoms with Crippen molar-refractivity contribution in [3.8, 4) is 0 Å². The van der Waals surface area contributed by atoms with E-state index in [2.05, 4.69) is 17.3 Å². The van der Waals surface area contributed by atoms with Gasteiger partial charge in [0.2, 0.25) is 5.91 Å². The summed E-state index contributed by atoms with van der Waals surface area (Å²) in [5.74, 6) is 0.371. The van der Waals surface area contributed by atoms with Crippen molar-refractivity contribution in [2.75, 3.05) is 45.6 Å². The monoisotopic (exact) mass is 485 g/mol. The molecule has 188 valence electrons. The summed E-state index contributed by atoms with van der Waals surface area (Å²) in [5.41, 5.74) is -1.86. The van der Waals surface area contributed by atoms with Gasteiger partial charge in [-0.2, -0.15) is 11.8 Å². The summed E-state index contributed by atoms with van der Waals surface area (Å²) in [6, 6.07) is -1.37. The molecule has 3 fully saturated rings. The molecule has 2 heterocycles. The number of nitrogens with one attached hydrogen (secondary N) is 1. The fourth-order valence-corrected chi connectivity index (χ4v) is 5.71. The van der Waals surface area contributed by atoms with E-state index in [9.17, 15) is 18.8 Å². The third kappa shape index (κ3) is 7.15. The van der Waals surface area contributed by atoms with Gasteiger partial charge in [-0.1, -0.05) is 0 Å². The summed E-state index contributed by atoms with van der Waals surface area (Å²) in [4.78, 5) is 41.2. The first kappa shape index (κ1) is 26.4. The van der Waals surface area contributed by atoms with Crippen molar-refractivity contribution in [2.45, 2.75) is 81.3 Å². The Bertz CT molecular complexity index is 695. The van der Waals surface area contributed by atoms with Crippen molar-refractivity contribution < 1.29 is 23.5 Å². The second kappa shape index (κ2) is 11.5. The van der Waals surface area contributed by atoms with E-state index in [1.165, 1.54) is 29.5 Å². The lowest BCUT2D eigenvalue weighted by molar-refractivity contribution is -0.140. The Morgan fingerprint density at radius 1 is 1.21 bits per heavy atom. The topological polar surface area (TPSA) is 79.0 Å². The number of amides is 2. The van der Waals surface area contributed by atoms with E-state index in [1.54, 1.807) is 0 Å². The molecule has 1 saturated carbocycles. The largest absolute Gasteiger partial charge is 0.381 e. The summed E-state index contributed by atoms with van der Waals surface area (Å²) >= 11 is 1.54. The van der Waals surface area contributed by atoms with Crippen LogP contribution in [0.1, 0.15) is 58.8 Å². The second-order valence-corrected chi connectivity index (χ2v) is 12.1. The molecule has 1 unspecified atom stereocenters. The van der Waals surface area contributed by atoms with Gasteiger partial charge in [0.1, 0.15) is 12.3 Å². The standard InChI is InChI=1S/C24H40FN3O4S/c1-23(2,33-16-15-32-14-8-18-6-12-27(3)13-7-18)20(26-22(31)24(25)9-10-24)21(30)28-11-4-5-19(28)17-29/h17-20H,4-16H2,1-3H3,(H,26,31)/t19-,20?/m0/s1. The molecule has 9 heteroatoms. The van der Waals surface area contributed by atoms with Gasteiger partial charge >= 0.3 is 0 Å². The molecule has 0 aromatic rings. The van der Waals surface area contributed by atoms with Crippen LogP contribution in [0.2, 0.25) is 0 Å². The highest BCUT2D eigenvalue weighted by Crippen LogP contribution is 2.41. The minimum atomic E-state index is -1.86. The van der Waals surface area contributed by atoms with Gasteiger partial charge in [0.25, 0.3) is 5.91 Å². The molecule has 0 aromatic carbocycles. The highest BCUT2D eigenvalue weighted by atomic mass is 32.2. The molecule has 2 atom stereocenters. The molecule has 0 radical (unpaired) electrons. The average molecular weight is 486 g/mol. The molecule has 0 bridgehead atoms. The zero-order valence-corrected chi connectivity index (χ0v) is 21.1. The first-order chi connectivity index (χ1) is 15.7. The number of ether oxygens (including phenoxy) is 1. The van der Waals surface area contributed by atoms with Gasteiger partial charge in [-0.3, -0.25) is 9.59 Å². The molecule has 2 amide bonds. The van der Waals surface area contributed by atoms with Crippen molar-refractivity contribution in [1.29, 1.82) is 0 Å². The third-order valence-electron chi connectivity index (χ3n) is 7.26. The van der Waals surface area contributed by atoms with Crippen LogP contribution >= 0.6 is 11.8 Å². The van der Waals surface area contributed by atoms with E-state index in [-0.39, 0.29) is 18.7 Å². The van der Waals surface area contributed by atoms with Gasteiger partial charge in [-0.25, -0.2) is 4.39 Å². The molecule has 33 heavy (non-hydrogen) atoms. The Labute approximate surface area is 201 Å². The lowest BCUT2D eigenvalue weighted by Gasteiger charge is -2.37. The zero-order valence-electron chi connectivity index (χ0n) is 20.3. The summed E-state index contributed by atoms with van der Waals surface area (Å²) in [6.45, 7) is 7.86. The molecule has 2 aliphatic heterocycles. The maximum Gasteiger partial charge on any atom is 0.258 e. The summed E-state index contributed by atoms with van der Waals surface area (Å²) < 4.78 is 19.5. The maximum absolute atomic E-state index is 14.4. The molecule has 1 aliphatic carbocycles. The molecule has 1 N–H and O–H groups in total. The molecule has 3 rings (SSSR count). The number of halogens is 1. The Balaban J connectivity index is 1.50. The van der Waals surface area contributed by atoms with E-state index in [0.29, 0.717) is 25.3 Å². The highest BCUT2D eigenvalue weighted by Gasteiger charge is 2.53. The predicted octanol–water partition coefficient (Wildman–Crippen LogP) is 2.42. The van der Waals surface area contributed by atoms with Crippen LogP contribution in [0.25, 0.3) is 0 Å². The number of rotatable bonds is 12. The highest BCUT2D eigenvalue weighted by molar-refractivity contribution is 8.00. The van der Waals surface area contributed by atoms with Crippen LogP contribution in [0.15, 0.2) is 0 Å². The first-order valence-electron chi connectivity index (χ1n) is 12.3. The van der Waals surface area contributed by atoms with Gasteiger partial charge in [-0.05, 0) is 84.8 Å². The van der Waals surface area contributed by atoms with Crippen LogP contribution in [-0.2, 0) is 19.1 Å². The van der Waals surface area contributed by atoms with Gasteiger partial charge in [-0.15, -0.1) is 0 Å². The lowest BCUT2D eigenvalue weighted by Crippen LogP contribution is -2.59. The van der Waals surface area contributed by atoms with E-state index in [1.807, 2.05) is 13.8 Å². The van der Waals surface area contributed by atoms with Crippen LogP contribution in [0, 0.1) is 5.92 Å². The minimum absolute atomic E-state index is 0.194. The third-order valence-corrected chi connectivity index (χ3v) is 8.61. The van der Waals surface area contributed by atoms with E-state index >= 15 is 0 Å². The number of hydrogen-bond donors (Lipinski definition) is 1. The first-order valence-corrected chi connectivity index (χ1v) is 13.3. The Morgan fingerprint density at radius 3 is 2.55 bits per heavy atom. The van der Waals surface area contributed by atoms with Crippen LogP contribution < -0.4 is 5.32 Å². The molecular formula is C24H40FN3O4S. The summed E-state index contributed by atoms with van der Waals surface area (Å²) in [5, 5.41) is 2.69. The number of carbonyl (C=O) groups is 3. The predicted molar refractivity (Wildman–Crippen MR) is 128 cm³/mol. The number of likely N-dealkylation sites (tertiary alicyclic amines) is 2.